The summed E-state index contributed by atoms with van der Waals surface area (Å²) in [6.07, 6.45) is 3.94. The fraction of sp³-hybridized carbons (Fsp3) is 0.900. The molecule has 3 nitrogen and oxygen atoms in total. The number of hydrogen-bond donors (Lipinski definition) is 1. The number of hydrogen-bond acceptors (Lipinski definition) is 3. The molecule has 2 atom stereocenters. The molecule has 0 amide bonds. The van der Waals surface area contributed by atoms with Crippen molar-refractivity contribution in [2.45, 2.75) is 44.7 Å². The van der Waals surface area contributed by atoms with Gasteiger partial charge in [-0.25, -0.2) is 0 Å². The molecule has 0 aromatic heterocycles. The van der Waals surface area contributed by atoms with Crippen LogP contribution >= 0.6 is 0 Å². The lowest BCUT2D eigenvalue weighted by Gasteiger charge is -2.26. The Hall–Kier alpha value is -0.590. The average molecular weight is 182 g/mol. The van der Waals surface area contributed by atoms with Gasteiger partial charge in [0.2, 0.25) is 0 Å². The van der Waals surface area contributed by atoms with Crippen molar-refractivity contribution in [2.75, 3.05) is 13.2 Å². The Balaban J connectivity index is 2.23. The van der Waals surface area contributed by atoms with Gasteiger partial charge in [-0.2, -0.15) is 5.26 Å². The molecule has 0 spiro atoms. The van der Waals surface area contributed by atoms with Crippen molar-refractivity contribution in [3.8, 4) is 6.07 Å². The van der Waals surface area contributed by atoms with Gasteiger partial charge in [0.05, 0.1) is 19.1 Å². The van der Waals surface area contributed by atoms with E-state index in [2.05, 4.69) is 18.3 Å². The fourth-order valence-electron chi connectivity index (χ4n) is 1.64. The second-order valence-electron chi connectivity index (χ2n) is 3.55. The number of nitriles is 1. The first-order chi connectivity index (χ1) is 6.36. The van der Waals surface area contributed by atoms with E-state index in [1.54, 1.807) is 0 Å². The smallest absolute Gasteiger partial charge is 0.0638 e. The first-order valence-electron chi connectivity index (χ1n) is 5.07. The molecule has 1 saturated heterocycles. The van der Waals surface area contributed by atoms with Crippen LogP contribution in [0.25, 0.3) is 0 Å². The Morgan fingerprint density at radius 2 is 2.54 bits per heavy atom. The van der Waals surface area contributed by atoms with Crippen LogP contribution in [-0.4, -0.2) is 25.3 Å². The minimum absolute atomic E-state index is 0.344. The largest absolute Gasteiger partial charge is 0.380 e. The van der Waals surface area contributed by atoms with E-state index >= 15 is 0 Å². The van der Waals surface area contributed by atoms with E-state index in [1.165, 1.54) is 6.42 Å². The van der Waals surface area contributed by atoms with Crippen molar-refractivity contribution in [3.63, 3.8) is 0 Å². The zero-order valence-electron chi connectivity index (χ0n) is 8.25. The highest BCUT2D eigenvalue weighted by Crippen LogP contribution is 2.08. The summed E-state index contributed by atoms with van der Waals surface area (Å²) in [5.74, 6) is 0. The summed E-state index contributed by atoms with van der Waals surface area (Å²) in [4.78, 5) is 0. The van der Waals surface area contributed by atoms with Crippen LogP contribution in [0.3, 0.4) is 0 Å². The predicted molar refractivity (Wildman–Crippen MR) is 51.3 cm³/mol. The molecule has 1 rings (SSSR count). The van der Waals surface area contributed by atoms with Gasteiger partial charge in [-0.15, -0.1) is 0 Å². The minimum Gasteiger partial charge on any atom is -0.380 e. The van der Waals surface area contributed by atoms with Gasteiger partial charge in [-0.05, 0) is 19.3 Å². The molecule has 1 N–H and O–H groups in total. The molecule has 1 fully saturated rings. The third kappa shape index (κ3) is 3.75. The molecule has 13 heavy (non-hydrogen) atoms. The van der Waals surface area contributed by atoms with E-state index < -0.39 is 0 Å². The monoisotopic (exact) mass is 182 g/mol. The van der Waals surface area contributed by atoms with Gasteiger partial charge < -0.3 is 10.1 Å². The van der Waals surface area contributed by atoms with Crippen molar-refractivity contribution in [1.29, 1.82) is 5.26 Å². The summed E-state index contributed by atoms with van der Waals surface area (Å²) in [7, 11) is 0. The standard InChI is InChI=1S/C10H18N2O/c1-2-9(5-6-11)12-10-4-3-7-13-8-10/h9-10,12H,2-5,7-8H2,1H3. The topological polar surface area (TPSA) is 45.0 Å². The van der Waals surface area contributed by atoms with Gasteiger partial charge in [-0.3, -0.25) is 0 Å². The molecule has 0 bridgehead atoms. The Morgan fingerprint density at radius 3 is 3.08 bits per heavy atom. The maximum Gasteiger partial charge on any atom is 0.0638 e. The van der Waals surface area contributed by atoms with Crippen molar-refractivity contribution in [3.05, 3.63) is 0 Å². The first-order valence-corrected chi connectivity index (χ1v) is 5.07. The summed E-state index contributed by atoms with van der Waals surface area (Å²) in [6, 6.07) is 3.01. The van der Waals surface area contributed by atoms with Crippen LogP contribution in [0, 0.1) is 11.3 Å². The first kappa shape index (κ1) is 10.5. The number of ether oxygens (including phenoxy) is 1. The number of nitrogens with one attached hydrogen (secondary N) is 1. The molecule has 0 aromatic rings. The Morgan fingerprint density at radius 1 is 1.69 bits per heavy atom. The molecule has 0 radical (unpaired) electrons. The van der Waals surface area contributed by atoms with Crippen LogP contribution in [0.1, 0.15) is 32.6 Å². The highest BCUT2D eigenvalue weighted by molar-refractivity contribution is 4.83. The quantitative estimate of drug-likeness (QED) is 0.715. The molecule has 0 aromatic carbocycles. The second kappa shape index (κ2) is 5.95. The number of rotatable bonds is 4. The third-order valence-corrected chi connectivity index (χ3v) is 2.46. The summed E-state index contributed by atoms with van der Waals surface area (Å²) >= 11 is 0. The van der Waals surface area contributed by atoms with E-state index in [9.17, 15) is 0 Å². The van der Waals surface area contributed by atoms with E-state index in [1.807, 2.05) is 0 Å². The number of nitrogens with zero attached hydrogens (tertiary/aromatic N) is 1. The molecule has 74 valence electrons. The van der Waals surface area contributed by atoms with Crippen molar-refractivity contribution < 1.29 is 4.74 Å². The van der Waals surface area contributed by atoms with Gasteiger partial charge in [0, 0.05) is 18.7 Å². The normalized spacial score (nSPS) is 25.1. The molecular formula is C10H18N2O. The lowest BCUT2D eigenvalue weighted by molar-refractivity contribution is 0.0663. The summed E-state index contributed by atoms with van der Waals surface area (Å²) in [5.41, 5.74) is 0. The molecule has 3 heteroatoms. The van der Waals surface area contributed by atoms with Crippen LogP contribution in [0.5, 0.6) is 0 Å². The van der Waals surface area contributed by atoms with Crippen molar-refractivity contribution >= 4 is 0 Å². The van der Waals surface area contributed by atoms with Crippen LogP contribution in [-0.2, 0) is 4.74 Å². The zero-order valence-corrected chi connectivity index (χ0v) is 8.25. The maximum atomic E-state index is 8.58. The van der Waals surface area contributed by atoms with Crippen molar-refractivity contribution in [2.24, 2.45) is 0 Å². The molecule has 0 saturated carbocycles. The summed E-state index contributed by atoms with van der Waals surface area (Å²) in [5, 5.41) is 12.0. The molecular weight excluding hydrogens is 164 g/mol. The average Bonchev–Trinajstić information content (AvgIpc) is 2.19. The van der Waals surface area contributed by atoms with Crippen molar-refractivity contribution in [1.82, 2.24) is 5.32 Å². The SMILES string of the molecule is CCC(CC#N)NC1CCCOC1. The van der Waals surface area contributed by atoms with Crippen LogP contribution in [0.15, 0.2) is 0 Å². The second-order valence-corrected chi connectivity index (χ2v) is 3.55. The molecule has 1 heterocycles. The Bertz CT molecular complexity index is 170. The van der Waals surface area contributed by atoms with Gasteiger partial charge in [0.1, 0.15) is 0 Å². The zero-order chi connectivity index (χ0) is 9.52. The lowest BCUT2D eigenvalue weighted by Crippen LogP contribution is -2.42. The Kier molecular flexibility index (Phi) is 4.81. The fourth-order valence-corrected chi connectivity index (χ4v) is 1.64. The van der Waals surface area contributed by atoms with E-state index in [0.717, 1.165) is 26.1 Å². The highest BCUT2D eigenvalue weighted by Gasteiger charge is 2.16. The van der Waals surface area contributed by atoms with Gasteiger partial charge in [0.25, 0.3) is 0 Å². The molecule has 1 aliphatic rings. The highest BCUT2D eigenvalue weighted by atomic mass is 16.5. The van der Waals surface area contributed by atoms with E-state index in [-0.39, 0.29) is 0 Å². The van der Waals surface area contributed by atoms with Gasteiger partial charge >= 0.3 is 0 Å². The molecule has 1 aliphatic heterocycles. The van der Waals surface area contributed by atoms with Crippen LogP contribution < -0.4 is 5.32 Å². The van der Waals surface area contributed by atoms with Crippen LogP contribution in [0.2, 0.25) is 0 Å². The maximum absolute atomic E-state index is 8.58. The summed E-state index contributed by atoms with van der Waals surface area (Å²) < 4.78 is 5.36. The Labute approximate surface area is 80.1 Å². The van der Waals surface area contributed by atoms with E-state index in [0.29, 0.717) is 18.5 Å². The lowest BCUT2D eigenvalue weighted by atomic mass is 10.1. The summed E-state index contributed by atoms with van der Waals surface area (Å²) in [6.45, 7) is 3.81. The predicted octanol–water partition coefficient (Wildman–Crippen LogP) is 1.45. The van der Waals surface area contributed by atoms with E-state index in [4.69, 9.17) is 10.00 Å². The van der Waals surface area contributed by atoms with Gasteiger partial charge in [-0.1, -0.05) is 6.92 Å². The molecule has 0 aliphatic carbocycles. The minimum atomic E-state index is 0.344. The van der Waals surface area contributed by atoms with Gasteiger partial charge in [0.15, 0.2) is 0 Å². The third-order valence-electron chi connectivity index (χ3n) is 2.46. The van der Waals surface area contributed by atoms with Crippen LogP contribution in [0.4, 0.5) is 0 Å². The molecule has 2 unspecified atom stereocenters.